The molecule has 6 rings (SSSR count). The molecule has 0 saturated carbocycles. The van der Waals surface area contributed by atoms with Crippen molar-refractivity contribution in [3.05, 3.63) is 109 Å². The molecular weight excluding hydrogens is 464 g/mol. The Balaban J connectivity index is 1.30. The van der Waals surface area contributed by atoms with Crippen molar-refractivity contribution in [1.29, 1.82) is 0 Å². The molecule has 1 N–H and O–H groups in total. The van der Waals surface area contributed by atoms with Crippen LogP contribution in [0.4, 0.5) is 11.6 Å². The molecule has 6 aromatic rings. The number of aryl methyl sites for hydroxylation is 1. The third-order valence-electron chi connectivity index (χ3n) is 5.92. The molecule has 0 radical (unpaired) electrons. The van der Waals surface area contributed by atoms with E-state index in [-0.39, 0.29) is 0 Å². The van der Waals surface area contributed by atoms with E-state index in [9.17, 15) is 0 Å². The number of nitrogens with zero attached hydrogens (tertiary/aromatic N) is 7. The summed E-state index contributed by atoms with van der Waals surface area (Å²) in [6, 6.07) is 16.1. The average Bonchev–Trinajstić information content (AvgIpc) is 3.59. The van der Waals surface area contributed by atoms with E-state index in [1.165, 1.54) is 0 Å². The standard InChI is InChI=1S/C28H24N8O/c1-35-17-23(15-32-35)25-11-22-14-31-28(33-24-6-2-4-20(10-24)16-36-9-8-30-19-36)34-26(22)12-27(25)37-18-21-5-3-7-29-13-21/h2-15,17,19H,16,18H2,1H3,(H,31,33,34). The van der Waals surface area contributed by atoms with E-state index in [2.05, 4.69) is 37.5 Å². The van der Waals surface area contributed by atoms with Crippen LogP contribution in [0.3, 0.4) is 0 Å². The Morgan fingerprint density at radius 2 is 1.89 bits per heavy atom. The first-order valence-electron chi connectivity index (χ1n) is 11.8. The number of ether oxygens (including phenoxy) is 1. The van der Waals surface area contributed by atoms with Gasteiger partial charge in [0.2, 0.25) is 5.95 Å². The van der Waals surface area contributed by atoms with Gasteiger partial charge in [0.25, 0.3) is 0 Å². The van der Waals surface area contributed by atoms with Crippen LogP contribution in [-0.4, -0.2) is 34.3 Å². The number of fused-ring (bicyclic) bond motifs is 1. The van der Waals surface area contributed by atoms with Gasteiger partial charge in [-0.1, -0.05) is 18.2 Å². The number of imidazole rings is 1. The second-order valence-corrected chi connectivity index (χ2v) is 8.71. The van der Waals surface area contributed by atoms with Crippen LogP contribution in [-0.2, 0) is 20.2 Å². The number of hydrogen-bond donors (Lipinski definition) is 1. The number of aromatic nitrogens is 7. The largest absolute Gasteiger partial charge is 0.488 e. The summed E-state index contributed by atoms with van der Waals surface area (Å²) in [5.74, 6) is 1.23. The highest BCUT2D eigenvalue weighted by Gasteiger charge is 2.13. The van der Waals surface area contributed by atoms with Gasteiger partial charge in [-0.2, -0.15) is 5.10 Å². The lowest BCUT2D eigenvalue weighted by molar-refractivity contribution is 0.307. The summed E-state index contributed by atoms with van der Waals surface area (Å²) in [6.45, 7) is 1.13. The Morgan fingerprint density at radius 1 is 0.946 bits per heavy atom. The van der Waals surface area contributed by atoms with Crippen molar-refractivity contribution in [2.75, 3.05) is 5.32 Å². The zero-order valence-electron chi connectivity index (χ0n) is 20.2. The molecule has 0 aliphatic rings. The van der Waals surface area contributed by atoms with Crippen molar-refractivity contribution in [2.45, 2.75) is 13.2 Å². The molecule has 0 atom stereocenters. The normalized spacial score (nSPS) is 11.1. The van der Waals surface area contributed by atoms with Crippen LogP contribution < -0.4 is 10.1 Å². The molecule has 182 valence electrons. The topological polar surface area (TPSA) is 95.6 Å². The Bertz CT molecular complexity index is 1640. The first-order chi connectivity index (χ1) is 18.2. The predicted molar refractivity (Wildman–Crippen MR) is 141 cm³/mol. The lowest BCUT2D eigenvalue weighted by atomic mass is 10.1. The Kier molecular flexibility index (Phi) is 6.00. The molecule has 0 aliphatic heterocycles. The van der Waals surface area contributed by atoms with E-state index in [4.69, 9.17) is 9.72 Å². The van der Waals surface area contributed by atoms with Gasteiger partial charge in [0, 0.05) is 84.6 Å². The smallest absolute Gasteiger partial charge is 0.227 e. The second kappa shape index (κ2) is 9.90. The summed E-state index contributed by atoms with van der Waals surface area (Å²) >= 11 is 0. The molecule has 9 heteroatoms. The molecule has 4 aromatic heterocycles. The molecule has 37 heavy (non-hydrogen) atoms. The molecule has 0 unspecified atom stereocenters. The van der Waals surface area contributed by atoms with E-state index in [1.54, 1.807) is 29.6 Å². The van der Waals surface area contributed by atoms with Crippen LogP contribution in [0, 0.1) is 0 Å². The third kappa shape index (κ3) is 5.15. The number of benzene rings is 2. The molecule has 0 saturated heterocycles. The van der Waals surface area contributed by atoms with Crippen molar-refractivity contribution in [3.63, 3.8) is 0 Å². The summed E-state index contributed by atoms with van der Waals surface area (Å²) < 4.78 is 10.1. The second-order valence-electron chi connectivity index (χ2n) is 8.71. The summed E-state index contributed by atoms with van der Waals surface area (Å²) in [4.78, 5) is 17.6. The molecule has 0 amide bonds. The van der Waals surface area contributed by atoms with Gasteiger partial charge in [-0.25, -0.2) is 15.0 Å². The lowest BCUT2D eigenvalue weighted by Crippen LogP contribution is -2.01. The molecule has 9 nitrogen and oxygen atoms in total. The minimum Gasteiger partial charge on any atom is -0.488 e. The van der Waals surface area contributed by atoms with Crippen LogP contribution in [0.15, 0.2) is 98.2 Å². The minimum atomic E-state index is 0.395. The molecule has 0 aliphatic carbocycles. The van der Waals surface area contributed by atoms with E-state index in [0.717, 1.165) is 51.1 Å². The van der Waals surface area contributed by atoms with Gasteiger partial charge in [0.05, 0.1) is 18.0 Å². The minimum absolute atomic E-state index is 0.395. The predicted octanol–water partition coefficient (Wildman–Crippen LogP) is 4.99. The summed E-state index contributed by atoms with van der Waals surface area (Å²) in [6.07, 6.45) is 14.7. The van der Waals surface area contributed by atoms with E-state index >= 15 is 0 Å². The maximum absolute atomic E-state index is 6.25. The zero-order valence-corrected chi connectivity index (χ0v) is 20.2. The quantitative estimate of drug-likeness (QED) is 0.322. The van der Waals surface area contributed by atoms with Crippen LogP contribution in [0.25, 0.3) is 22.0 Å². The van der Waals surface area contributed by atoms with Crippen LogP contribution >= 0.6 is 0 Å². The van der Waals surface area contributed by atoms with Gasteiger partial charge in [0.1, 0.15) is 12.4 Å². The first-order valence-corrected chi connectivity index (χ1v) is 11.8. The molecular formula is C28H24N8O. The average molecular weight is 489 g/mol. The monoisotopic (exact) mass is 488 g/mol. The van der Waals surface area contributed by atoms with Gasteiger partial charge < -0.3 is 14.6 Å². The molecule has 0 spiro atoms. The number of rotatable bonds is 8. The number of anilines is 2. The van der Waals surface area contributed by atoms with Gasteiger partial charge in [-0.3, -0.25) is 9.67 Å². The van der Waals surface area contributed by atoms with Gasteiger partial charge >= 0.3 is 0 Å². The van der Waals surface area contributed by atoms with Crippen molar-refractivity contribution in [3.8, 4) is 16.9 Å². The van der Waals surface area contributed by atoms with Gasteiger partial charge in [-0.05, 0) is 29.8 Å². The number of nitrogens with one attached hydrogen (secondary N) is 1. The maximum Gasteiger partial charge on any atom is 0.227 e. The fourth-order valence-corrected chi connectivity index (χ4v) is 4.14. The SMILES string of the molecule is Cn1cc(-c2cc3cnc(Nc4cccc(Cn5ccnc5)c4)nc3cc2OCc2cccnc2)cn1. The van der Waals surface area contributed by atoms with Crippen molar-refractivity contribution in [1.82, 2.24) is 34.3 Å². The van der Waals surface area contributed by atoms with E-state index < -0.39 is 0 Å². The Labute approximate surface area is 213 Å². The maximum atomic E-state index is 6.25. The highest BCUT2D eigenvalue weighted by Crippen LogP contribution is 2.34. The number of hydrogen-bond acceptors (Lipinski definition) is 7. The van der Waals surface area contributed by atoms with Crippen LogP contribution in [0.1, 0.15) is 11.1 Å². The third-order valence-corrected chi connectivity index (χ3v) is 5.92. The fourth-order valence-electron chi connectivity index (χ4n) is 4.14. The highest BCUT2D eigenvalue weighted by molar-refractivity contribution is 5.88. The molecule has 0 fully saturated rings. The van der Waals surface area contributed by atoms with Crippen molar-refractivity contribution < 1.29 is 4.74 Å². The van der Waals surface area contributed by atoms with Crippen LogP contribution in [0.2, 0.25) is 0 Å². The van der Waals surface area contributed by atoms with Gasteiger partial charge in [-0.15, -0.1) is 0 Å². The van der Waals surface area contributed by atoms with E-state index in [0.29, 0.717) is 12.6 Å². The highest BCUT2D eigenvalue weighted by atomic mass is 16.5. The Morgan fingerprint density at radius 3 is 2.70 bits per heavy atom. The van der Waals surface area contributed by atoms with Crippen molar-refractivity contribution >= 4 is 22.5 Å². The fraction of sp³-hybridized carbons (Fsp3) is 0.107. The Hall–Kier alpha value is -5.05. The first kappa shape index (κ1) is 22.4. The zero-order chi connectivity index (χ0) is 25.0. The lowest BCUT2D eigenvalue weighted by Gasteiger charge is -2.13. The summed E-state index contributed by atoms with van der Waals surface area (Å²) in [5.41, 5.74) is 5.72. The molecule has 0 bridgehead atoms. The van der Waals surface area contributed by atoms with E-state index in [1.807, 2.05) is 72.8 Å². The van der Waals surface area contributed by atoms with Gasteiger partial charge in [0.15, 0.2) is 0 Å². The number of pyridine rings is 1. The molecule has 4 heterocycles. The van der Waals surface area contributed by atoms with Crippen LogP contribution in [0.5, 0.6) is 5.75 Å². The summed E-state index contributed by atoms with van der Waals surface area (Å²) in [7, 11) is 1.90. The molecule has 2 aromatic carbocycles. The van der Waals surface area contributed by atoms with Crippen molar-refractivity contribution in [2.24, 2.45) is 7.05 Å². The summed E-state index contributed by atoms with van der Waals surface area (Å²) in [5, 5.41) is 8.57.